The summed E-state index contributed by atoms with van der Waals surface area (Å²) >= 11 is 0. The fourth-order valence-corrected chi connectivity index (χ4v) is 3.47. The molecule has 1 N–H and O–H groups in total. The molecule has 144 valence electrons. The van der Waals surface area contributed by atoms with Crippen molar-refractivity contribution in [2.75, 3.05) is 38.0 Å². The Morgan fingerprint density at radius 3 is 2.33 bits per heavy atom. The van der Waals surface area contributed by atoms with Gasteiger partial charge in [0.15, 0.2) is 0 Å². The van der Waals surface area contributed by atoms with Crippen molar-refractivity contribution in [1.82, 2.24) is 9.80 Å². The summed E-state index contributed by atoms with van der Waals surface area (Å²) in [6, 6.07) is 7.78. The molecule has 0 spiro atoms. The van der Waals surface area contributed by atoms with Gasteiger partial charge in [0.2, 0.25) is 5.91 Å². The molecule has 1 fully saturated rings. The van der Waals surface area contributed by atoms with Gasteiger partial charge in [-0.15, -0.1) is 0 Å². The molecule has 1 aromatic heterocycles. The van der Waals surface area contributed by atoms with Gasteiger partial charge in [0.1, 0.15) is 11.5 Å². The molecule has 0 atom stereocenters. The summed E-state index contributed by atoms with van der Waals surface area (Å²) in [5, 5.41) is 2.98. The van der Waals surface area contributed by atoms with Crippen molar-refractivity contribution >= 4 is 17.5 Å². The van der Waals surface area contributed by atoms with E-state index in [0.29, 0.717) is 44.0 Å². The summed E-state index contributed by atoms with van der Waals surface area (Å²) in [6.07, 6.45) is 0. The van der Waals surface area contributed by atoms with Crippen LogP contribution >= 0.6 is 0 Å². The maximum Gasteiger partial charge on any atom is 0.257 e. The first-order valence-corrected chi connectivity index (χ1v) is 9.29. The van der Waals surface area contributed by atoms with Gasteiger partial charge in [-0.05, 0) is 45.4 Å². The van der Waals surface area contributed by atoms with Crippen LogP contribution in [0, 0.1) is 27.7 Å². The normalized spacial score (nSPS) is 15.0. The quantitative estimate of drug-likeness (QED) is 0.900. The van der Waals surface area contributed by atoms with Gasteiger partial charge in [-0.2, -0.15) is 0 Å². The van der Waals surface area contributed by atoms with Crippen LogP contribution in [-0.4, -0.2) is 54.3 Å². The minimum Gasteiger partial charge on any atom is -0.466 e. The molecular weight excluding hydrogens is 342 g/mol. The van der Waals surface area contributed by atoms with Gasteiger partial charge < -0.3 is 14.6 Å². The number of nitrogens with zero attached hydrogens (tertiary/aromatic N) is 2. The first-order valence-electron chi connectivity index (χ1n) is 9.29. The Bertz CT molecular complexity index is 848. The Kier molecular flexibility index (Phi) is 5.65. The number of anilines is 1. The molecule has 3 rings (SSSR count). The lowest BCUT2D eigenvalue weighted by molar-refractivity contribution is -0.117. The zero-order chi connectivity index (χ0) is 19.6. The lowest BCUT2D eigenvalue weighted by atomic mass is 10.1. The summed E-state index contributed by atoms with van der Waals surface area (Å²) in [6.45, 7) is 10.6. The third-order valence-electron chi connectivity index (χ3n) is 4.95. The van der Waals surface area contributed by atoms with Crippen LogP contribution in [0.15, 0.2) is 28.7 Å². The second-order valence-corrected chi connectivity index (χ2v) is 7.26. The fraction of sp³-hybridized carbons (Fsp3) is 0.429. The van der Waals surface area contributed by atoms with Gasteiger partial charge in [-0.3, -0.25) is 14.5 Å². The molecule has 1 saturated heterocycles. The van der Waals surface area contributed by atoms with Gasteiger partial charge in [-0.25, -0.2) is 0 Å². The van der Waals surface area contributed by atoms with Crippen molar-refractivity contribution in [2.45, 2.75) is 27.7 Å². The van der Waals surface area contributed by atoms with E-state index in [1.165, 1.54) is 5.56 Å². The Morgan fingerprint density at radius 1 is 1.04 bits per heavy atom. The predicted molar refractivity (Wildman–Crippen MR) is 105 cm³/mol. The maximum atomic E-state index is 12.6. The summed E-state index contributed by atoms with van der Waals surface area (Å²) in [7, 11) is 0. The molecule has 0 radical (unpaired) electrons. The Morgan fingerprint density at radius 2 is 1.74 bits per heavy atom. The van der Waals surface area contributed by atoms with Gasteiger partial charge in [0.05, 0.1) is 12.1 Å². The molecule has 2 aromatic rings. The number of aryl methyl sites for hydroxylation is 4. The van der Waals surface area contributed by atoms with Crippen LogP contribution in [-0.2, 0) is 4.79 Å². The molecule has 0 aliphatic carbocycles. The highest BCUT2D eigenvalue weighted by molar-refractivity contribution is 5.95. The standard InChI is InChI=1S/C21H27N3O3/c1-14-5-6-19(15(2)11-14)22-20(25)13-23-7-9-24(10-8-23)21(26)18-12-16(3)27-17(18)4/h5-6,11-12H,7-10,13H2,1-4H3,(H,22,25). The highest BCUT2D eigenvalue weighted by atomic mass is 16.3. The number of rotatable bonds is 4. The highest BCUT2D eigenvalue weighted by Crippen LogP contribution is 2.18. The minimum atomic E-state index is -0.0250. The predicted octanol–water partition coefficient (Wildman–Crippen LogP) is 2.91. The first kappa shape index (κ1) is 19.2. The van der Waals surface area contributed by atoms with E-state index in [9.17, 15) is 9.59 Å². The molecule has 6 nitrogen and oxygen atoms in total. The molecule has 27 heavy (non-hydrogen) atoms. The van der Waals surface area contributed by atoms with E-state index in [-0.39, 0.29) is 11.8 Å². The number of carbonyl (C=O) groups excluding carboxylic acids is 2. The van der Waals surface area contributed by atoms with E-state index in [4.69, 9.17) is 4.42 Å². The van der Waals surface area contributed by atoms with E-state index < -0.39 is 0 Å². The van der Waals surface area contributed by atoms with Crippen LogP contribution < -0.4 is 5.32 Å². The topological polar surface area (TPSA) is 65.8 Å². The Balaban J connectivity index is 1.51. The van der Waals surface area contributed by atoms with Gasteiger partial charge in [-0.1, -0.05) is 17.7 Å². The van der Waals surface area contributed by atoms with Gasteiger partial charge in [0.25, 0.3) is 5.91 Å². The van der Waals surface area contributed by atoms with E-state index in [2.05, 4.69) is 16.3 Å². The number of benzene rings is 1. The fourth-order valence-electron chi connectivity index (χ4n) is 3.47. The van der Waals surface area contributed by atoms with Crippen LogP contribution in [0.1, 0.15) is 33.0 Å². The minimum absolute atomic E-state index is 0.00346. The highest BCUT2D eigenvalue weighted by Gasteiger charge is 2.25. The molecule has 1 aliphatic rings. The average molecular weight is 369 g/mol. The smallest absolute Gasteiger partial charge is 0.257 e. The van der Waals surface area contributed by atoms with E-state index in [1.807, 2.05) is 44.7 Å². The third kappa shape index (κ3) is 4.57. The molecule has 0 bridgehead atoms. The summed E-state index contributed by atoms with van der Waals surface area (Å²) in [5.41, 5.74) is 3.72. The van der Waals surface area contributed by atoms with Crippen molar-refractivity contribution in [1.29, 1.82) is 0 Å². The van der Waals surface area contributed by atoms with E-state index >= 15 is 0 Å². The second kappa shape index (κ2) is 7.96. The number of piperazine rings is 1. The average Bonchev–Trinajstić information content (AvgIpc) is 2.96. The number of hydrogen-bond acceptors (Lipinski definition) is 4. The molecule has 2 amide bonds. The summed E-state index contributed by atoms with van der Waals surface area (Å²) in [5.74, 6) is 1.39. The zero-order valence-electron chi connectivity index (χ0n) is 16.5. The zero-order valence-corrected chi connectivity index (χ0v) is 16.5. The number of nitrogens with one attached hydrogen (secondary N) is 1. The van der Waals surface area contributed by atoms with Crippen molar-refractivity contribution in [3.8, 4) is 0 Å². The maximum absolute atomic E-state index is 12.6. The molecule has 6 heteroatoms. The molecule has 0 saturated carbocycles. The molecular formula is C21H27N3O3. The van der Waals surface area contributed by atoms with Crippen LogP contribution in [0.2, 0.25) is 0 Å². The lowest BCUT2D eigenvalue weighted by Crippen LogP contribution is -2.50. The van der Waals surface area contributed by atoms with Crippen molar-refractivity contribution in [2.24, 2.45) is 0 Å². The number of amides is 2. The summed E-state index contributed by atoms with van der Waals surface area (Å²) in [4.78, 5) is 28.9. The Hall–Kier alpha value is -2.60. The van der Waals surface area contributed by atoms with Crippen LogP contribution in [0.5, 0.6) is 0 Å². The number of furan rings is 1. The largest absolute Gasteiger partial charge is 0.466 e. The van der Waals surface area contributed by atoms with E-state index in [0.717, 1.165) is 17.0 Å². The van der Waals surface area contributed by atoms with Crippen molar-refractivity contribution < 1.29 is 14.0 Å². The molecule has 1 aromatic carbocycles. The van der Waals surface area contributed by atoms with E-state index in [1.54, 1.807) is 6.07 Å². The lowest BCUT2D eigenvalue weighted by Gasteiger charge is -2.34. The van der Waals surface area contributed by atoms with Crippen molar-refractivity contribution in [3.05, 3.63) is 52.5 Å². The second-order valence-electron chi connectivity index (χ2n) is 7.26. The number of carbonyl (C=O) groups is 2. The van der Waals surface area contributed by atoms with Crippen LogP contribution in [0.25, 0.3) is 0 Å². The first-order chi connectivity index (χ1) is 12.8. The van der Waals surface area contributed by atoms with Gasteiger partial charge >= 0.3 is 0 Å². The number of hydrogen-bond donors (Lipinski definition) is 1. The Labute approximate surface area is 160 Å². The van der Waals surface area contributed by atoms with Gasteiger partial charge in [0, 0.05) is 31.9 Å². The van der Waals surface area contributed by atoms with Crippen LogP contribution in [0.4, 0.5) is 5.69 Å². The molecule has 0 unspecified atom stereocenters. The van der Waals surface area contributed by atoms with Crippen molar-refractivity contribution in [3.63, 3.8) is 0 Å². The monoisotopic (exact) mass is 369 g/mol. The molecule has 1 aliphatic heterocycles. The third-order valence-corrected chi connectivity index (χ3v) is 4.95. The SMILES string of the molecule is Cc1ccc(NC(=O)CN2CCN(C(=O)c3cc(C)oc3C)CC2)c(C)c1. The summed E-state index contributed by atoms with van der Waals surface area (Å²) < 4.78 is 5.46. The van der Waals surface area contributed by atoms with Crippen LogP contribution in [0.3, 0.4) is 0 Å². The molecule has 2 heterocycles.